The number of benzene rings is 2. The molecule has 2 aromatic carbocycles. The molecule has 1 atom stereocenters. The number of hydrogen-bond acceptors (Lipinski definition) is 3. The first-order valence-corrected chi connectivity index (χ1v) is 8.76. The lowest BCUT2D eigenvalue weighted by Gasteiger charge is -2.16. The van der Waals surface area contributed by atoms with Gasteiger partial charge in [-0.05, 0) is 31.5 Å². The van der Waals surface area contributed by atoms with Crippen LogP contribution in [0.15, 0.2) is 60.8 Å². The summed E-state index contributed by atoms with van der Waals surface area (Å²) < 4.78 is 7.30. The van der Waals surface area contributed by atoms with Gasteiger partial charge in [-0.15, -0.1) is 5.10 Å². The first-order chi connectivity index (χ1) is 12.6. The number of para-hydroxylation sites is 1. The Hall–Kier alpha value is -2.63. The third-order valence-electron chi connectivity index (χ3n) is 3.91. The first-order valence-electron chi connectivity index (χ1n) is 8.38. The number of carbonyl (C=O) groups excluding carboxylic acids is 1. The van der Waals surface area contributed by atoms with Gasteiger partial charge in [-0.3, -0.25) is 4.79 Å². The van der Waals surface area contributed by atoms with Gasteiger partial charge in [0, 0.05) is 18.4 Å². The summed E-state index contributed by atoms with van der Waals surface area (Å²) in [6.07, 6.45) is 1.14. The molecule has 1 amide bonds. The van der Waals surface area contributed by atoms with Gasteiger partial charge >= 0.3 is 0 Å². The van der Waals surface area contributed by atoms with Crippen molar-refractivity contribution in [2.24, 2.45) is 0 Å². The summed E-state index contributed by atoms with van der Waals surface area (Å²) in [6.45, 7) is 4.18. The number of nitrogens with zero attached hydrogens (tertiary/aromatic N) is 2. The van der Waals surface area contributed by atoms with E-state index in [1.807, 2.05) is 68.6 Å². The van der Waals surface area contributed by atoms with Crippen LogP contribution in [-0.4, -0.2) is 22.3 Å². The molecule has 0 saturated heterocycles. The Morgan fingerprint density at radius 3 is 2.58 bits per heavy atom. The highest BCUT2D eigenvalue weighted by molar-refractivity contribution is 6.32. The Kier molecular flexibility index (Phi) is 5.71. The molecule has 26 heavy (non-hydrogen) atoms. The third-order valence-corrected chi connectivity index (χ3v) is 4.23. The molecule has 1 N–H and O–H groups in total. The summed E-state index contributed by atoms with van der Waals surface area (Å²) in [5.74, 6) is 0.223. The maximum absolute atomic E-state index is 12.8. The van der Waals surface area contributed by atoms with Crippen molar-refractivity contribution in [3.63, 3.8) is 0 Å². The van der Waals surface area contributed by atoms with Crippen LogP contribution in [0.1, 0.15) is 24.2 Å². The van der Waals surface area contributed by atoms with E-state index in [0.717, 1.165) is 16.8 Å². The van der Waals surface area contributed by atoms with Crippen LogP contribution in [0.5, 0.6) is 0 Å². The molecule has 3 rings (SSSR count). The van der Waals surface area contributed by atoms with Crippen molar-refractivity contribution in [1.29, 1.82) is 0 Å². The van der Waals surface area contributed by atoms with Crippen LogP contribution < -0.4 is 5.32 Å². The zero-order valence-corrected chi connectivity index (χ0v) is 15.4. The number of anilines is 1. The van der Waals surface area contributed by atoms with Crippen molar-refractivity contribution < 1.29 is 9.53 Å². The van der Waals surface area contributed by atoms with Gasteiger partial charge in [0.15, 0.2) is 11.9 Å². The quantitative estimate of drug-likeness (QED) is 0.693. The second-order valence-corrected chi connectivity index (χ2v) is 6.20. The fourth-order valence-corrected chi connectivity index (χ4v) is 2.87. The van der Waals surface area contributed by atoms with Gasteiger partial charge in [0.05, 0.1) is 10.7 Å². The molecule has 0 radical (unpaired) electrons. The monoisotopic (exact) mass is 369 g/mol. The SMILES string of the molecule is CCO[C@H](C(=O)Nc1nn(-c2ccccc2Cl)cc1C)c1ccccc1. The lowest BCUT2D eigenvalue weighted by Crippen LogP contribution is -2.24. The lowest BCUT2D eigenvalue weighted by atomic mass is 10.1. The number of nitrogens with one attached hydrogen (secondary N) is 1. The highest BCUT2D eigenvalue weighted by Crippen LogP contribution is 2.24. The molecule has 0 unspecified atom stereocenters. The average Bonchev–Trinajstić information content (AvgIpc) is 3.01. The van der Waals surface area contributed by atoms with Crippen molar-refractivity contribution >= 4 is 23.3 Å². The number of aromatic nitrogens is 2. The van der Waals surface area contributed by atoms with E-state index in [1.54, 1.807) is 10.7 Å². The Labute approximate surface area is 157 Å². The van der Waals surface area contributed by atoms with E-state index in [-0.39, 0.29) is 5.91 Å². The summed E-state index contributed by atoms with van der Waals surface area (Å²) >= 11 is 6.23. The molecular weight excluding hydrogens is 350 g/mol. The summed E-state index contributed by atoms with van der Waals surface area (Å²) in [7, 11) is 0. The van der Waals surface area contributed by atoms with Gasteiger partial charge in [0.1, 0.15) is 0 Å². The van der Waals surface area contributed by atoms with E-state index < -0.39 is 6.10 Å². The van der Waals surface area contributed by atoms with Crippen LogP contribution in [0.25, 0.3) is 5.69 Å². The number of rotatable bonds is 6. The van der Waals surface area contributed by atoms with Gasteiger partial charge in [0.25, 0.3) is 5.91 Å². The molecule has 0 spiro atoms. The highest BCUT2D eigenvalue weighted by Gasteiger charge is 2.22. The van der Waals surface area contributed by atoms with E-state index >= 15 is 0 Å². The molecule has 0 bridgehead atoms. The Morgan fingerprint density at radius 2 is 1.88 bits per heavy atom. The molecule has 134 valence electrons. The molecule has 0 fully saturated rings. The number of ether oxygens (including phenoxy) is 1. The molecule has 1 heterocycles. The smallest absolute Gasteiger partial charge is 0.259 e. The predicted octanol–water partition coefficient (Wildman–Crippen LogP) is 4.55. The second kappa shape index (κ2) is 8.17. The minimum absolute atomic E-state index is 0.259. The number of aryl methyl sites for hydroxylation is 1. The van der Waals surface area contributed by atoms with Gasteiger partial charge in [-0.1, -0.05) is 54.1 Å². The van der Waals surface area contributed by atoms with Crippen molar-refractivity contribution in [2.45, 2.75) is 20.0 Å². The number of amides is 1. The van der Waals surface area contributed by atoms with Crippen LogP contribution in [0, 0.1) is 6.92 Å². The molecule has 0 saturated carbocycles. The molecule has 6 heteroatoms. The van der Waals surface area contributed by atoms with Crippen molar-refractivity contribution in [1.82, 2.24) is 9.78 Å². The largest absolute Gasteiger partial charge is 0.364 e. The van der Waals surface area contributed by atoms with Gasteiger partial charge in [-0.25, -0.2) is 4.68 Å². The summed E-state index contributed by atoms with van der Waals surface area (Å²) in [6, 6.07) is 16.8. The van der Waals surface area contributed by atoms with Crippen LogP contribution >= 0.6 is 11.6 Å². The van der Waals surface area contributed by atoms with Crippen LogP contribution in [0.3, 0.4) is 0 Å². The fraction of sp³-hybridized carbons (Fsp3) is 0.200. The van der Waals surface area contributed by atoms with E-state index in [1.165, 1.54) is 0 Å². The van der Waals surface area contributed by atoms with Crippen LogP contribution in [0.4, 0.5) is 5.82 Å². The maximum atomic E-state index is 12.8. The topological polar surface area (TPSA) is 56.1 Å². The Balaban J connectivity index is 1.84. The number of hydrogen-bond donors (Lipinski definition) is 1. The third kappa shape index (κ3) is 3.95. The summed E-state index contributed by atoms with van der Waals surface area (Å²) in [5, 5.41) is 7.91. The zero-order valence-electron chi connectivity index (χ0n) is 14.6. The van der Waals surface area contributed by atoms with Crippen molar-refractivity contribution in [2.75, 3.05) is 11.9 Å². The average molecular weight is 370 g/mol. The predicted molar refractivity (Wildman–Crippen MR) is 103 cm³/mol. The van der Waals surface area contributed by atoms with Gasteiger partial charge in [-0.2, -0.15) is 0 Å². The molecule has 5 nitrogen and oxygen atoms in total. The minimum atomic E-state index is -0.689. The first kappa shape index (κ1) is 18.2. The lowest BCUT2D eigenvalue weighted by molar-refractivity contribution is -0.127. The number of carbonyl (C=O) groups is 1. The van der Waals surface area contributed by atoms with E-state index in [9.17, 15) is 4.79 Å². The Morgan fingerprint density at radius 1 is 1.19 bits per heavy atom. The van der Waals surface area contributed by atoms with E-state index in [0.29, 0.717) is 17.4 Å². The fourth-order valence-electron chi connectivity index (χ4n) is 2.64. The zero-order chi connectivity index (χ0) is 18.5. The Bertz CT molecular complexity index is 893. The molecule has 0 aliphatic rings. The normalized spacial score (nSPS) is 12.0. The van der Waals surface area contributed by atoms with Crippen LogP contribution in [-0.2, 0) is 9.53 Å². The molecular formula is C20H20ClN3O2. The molecule has 3 aromatic rings. The summed E-state index contributed by atoms with van der Waals surface area (Å²) in [4.78, 5) is 12.8. The van der Waals surface area contributed by atoms with E-state index in [2.05, 4.69) is 10.4 Å². The van der Waals surface area contributed by atoms with E-state index in [4.69, 9.17) is 16.3 Å². The van der Waals surface area contributed by atoms with Gasteiger partial charge < -0.3 is 10.1 Å². The van der Waals surface area contributed by atoms with Crippen molar-refractivity contribution in [3.8, 4) is 5.69 Å². The molecule has 0 aliphatic heterocycles. The molecule has 1 aromatic heterocycles. The van der Waals surface area contributed by atoms with Crippen molar-refractivity contribution in [3.05, 3.63) is 76.9 Å². The number of halogens is 1. The molecule has 0 aliphatic carbocycles. The van der Waals surface area contributed by atoms with Gasteiger partial charge in [0.2, 0.25) is 0 Å². The maximum Gasteiger partial charge on any atom is 0.259 e. The van der Waals surface area contributed by atoms with Crippen LogP contribution in [0.2, 0.25) is 5.02 Å². The summed E-state index contributed by atoms with van der Waals surface area (Å²) in [5.41, 5.74) is 2.39. The highest BCUT2D eigenvalue weighted by atomic mass is 35.5. The minimum Gasteiger partial charge on any atom is -0.364 e. The second-order valence-electron chi connectivity index (χ2n) is 5.79. The standard InChI is InChI=1S/C20H20ClN3O2/c1-3-26-18(15-9-5-4-6-10-15)20(25)22-19-14(2)13-24(23-19)17-12-8-7-11-16(17)21/h4-13,18H,3H2,1-2H3,(H,22,23,25)/t18-/m0/s1.